The third-order valence-corrected chi connectivity index (χ3v) is 4.34. The number of hydrogen-bond donors (Lipinski definition) is 2. The molecule has 0 aromatic heterocycles. The van der Waals surface area contributed by atoms with Gasteiger partial charge in [0.1, 0.15) is 0 Å². The predicted molar refractivity (Wildman–Crippen MR) is 99.7 cm³/mol. The van der Waals surface area contributed by atoms with Crippen molar-refractivity contribution in [3.8, 4) is 0 Å². The first-order chi connectivity index (χ1) is 11.7. The molecule has 2 N–H and O–H groups in total. The first-order valence-corrected chi connectivity index (χ1v) is 8.43. The summed E-state index contributed by atoms with van der Waals surface area (Å²) in [5, 5.41) is 6.53. The number of halogens is 3. The molecule has 0 bridgehead atoms. The number of anilines is 1. The summed E-state index contributed by atoms with van der Waals surface area (Å²) in [5.41, 5.74) is 3.39. The lowest BCUT2D eigenvalue weighted by Gasteiger charge is -2.21. The quantitative estimate of drug-likeness (QED) is 0.673. The third kappa shape index (κ3) is 5.19. The minimum Gasteiger partial charge on any atom is -0.356 e. The maximum absolute atomic E-state index is 12.6. The zero-order valence-electron chi connectivity index (χ0n) is 14.4. The van der Waals surface area contributed by atoms with E-state index in [1.165, 1.54) is 23.3 Å². The van der Waals surface area contributed by atoms with Crippen LogP contribution in [0.3, 0.4) is 0 Å². The van der Waals surface area contributed by atoms with Crippen LogP contribution in [0.4, 0.5) is 18.9 Å². The minimum atomic E-state index is -4.34. The van der Waals surface area contributed by atoms with Crippen LogP contribution in [0.25, 0.3) is 0 Å². The van der Waals surface area contributed by atoms with E-state index in [9.17, 15) is 13.2 Å². The Morgan fingerprint density at radius 1 is 1.04 bits per heavy atom. The molecule has 0 saturated carbocycles. The summed E-state index contributed by atoms with van der Waals surface area (Å²) in [5.74, 6) is 0. The normalized spacial score (nSPS) is 12.6. The highest BCUT2D eigenvalue weighted by molar-refractivity contribution is 7.80. The minimum absolute atomic E-state index is 0.0359. The summed E-state index contributed by atoms with van der Waals surface area (Å²) in [6.07, 6.45) is -3.51. The van der Waals surface area contributed by atoms with Crippen molar-refractivity contribution in [1.29, 1.82) is 0 Å². The maximum Gasteiger partial charge on any atom is 0.416 e. The monoisotopic (exact) mass is 366 g/mol. The molecule has 0 aliphatic carbocycles. The van der Waals surface area contributed by atoms with Crippen molar-refractivity contribution in [1.82, 2.24) is 5.32 Å². The third-order valence-electron chi connectivity index (χ3n) is 4.12. The Labute approximate surface area is 151 Å². The van der Waals surface area contributed by atoms with Crippen molar-refractivity contribution in [2.45, 2.75) is 39.4 Å². The molecule has 0 aliphatic rings. The highest BCUT2D eigenvalue weighted by Gasteiger charge is 2.29. The van der Waals surface area contributed by atoms with Gasteiger partial charge in [-0.1, -0.05) is 25.1 Å². The van der Waals surface area contributed by atoms with Crippen molar-refractivity contribution in [3.05, 3.63) is 64.7 Å². The Hall–Kier alpha value is -2.08. The van der Waals surface area contributed by atoms with Gasteiger partial charge in [0.25, 0.3) is 0 Å². The Morgan fingerprint density at radius 2 is 1.68 bits per heavy atom. The second-order valence-electron chi connectivity index (χ2n) is 5.98. The molecular formula is C19H21F3N2S. The molecule has 0 amide bonds. The van der Waals surface area contributed by atoms with Crippen LogP contribution >= 0.6 is 12.2 Å². The van der Waals surface area contributed by atoms with E-state index in [4.69, 9.17) is 12.2 Å². The van der Waals surface area contributed by atoms with Crippen LogP contribution in [-0.4, -0.2) is 5.11 Å². The Bertz CT molecular complexity index is 739. The van der Waals surface area contributed by atoms with Crippen molar-refractivity contribution in [2.75, 3.05) is 5.32 Å². The van der Waals surface area contributed by atoms with Gasteiger partial charge < -0.3 is 10.6 Å². The molecule has 0 heterocycles. The smallest absolute Gasteiger partial charge is 0.356 e. The molecule has 0 unspecified atom stereocenters. The molecule has 6 heteroatoms. The molecule has 134 valence electrons. The van der Waals surface area contributed by atoms with Crippen molar-refractivity contribution >= 4 is 23.0 Å². The fourth-order valence-corrected chi connectivity index (χ4v) is 2.73. The number of thiocarbonyl (C=S) groups is 1. The summed E-state index contributed by atoms with van der Waals surface area (Å²) >= 11 is 5.30. The zero-order chi connectivity index (χ0) is 18.6. The molecule has 0 fully saturated rings. The maximum atomic E-state index is 12.6. The Kier molecular flexibility index (Phi) is 6.06. The van der Waals surface area contributed by atoms with Gasteiger partial charge in [0.15, 0.2) is 5.11 Å². The average molecular weight is 366 g/mol. The van der Waals surface area contributed by atoms with Gasteiger partial charge in [-0.3, -0.25) is 0 Å². The van der Waals surface area contributed by atoms with E-state index in [-0.39, 0.29) is 6.04 Å². The molecule has 0 aliphatic heterocycles. The summed E-state index contributed by atoms with van der Waals surface area (Å²) in [4.78, 5) is 0. The van der Waals surface area contributed by atoms with Crippen LogP contribution in [0.15, 0.2) is 42.5 Å². The molecule has 2 nitrogen and oxygen atoms in total. The fourth-order valence-electron chi connectivity index (χ4n) is 2.47. The van der Waals surface area contributed by atoms with Gasteiger partial charge in [0.2, 0.25) is 0 Å². The van der Waals surface area contributed by atoms with Gasteiger partial charge in [0, 0.05) is 5.69 Å². The lowest BCUT2D eigenvalue weighted by molar-refractivity contribution is -0.137. The van der Waals surface area contributed by atoms with E-state index in [2.05, 4.69) is 42.7 Å². The van der Waals surface area contributed by atoms with Gasteiger partial charge in [-0.05, 0) is 73.4 Å². The van der Waals surface area contributed by atoms with Crippen LogP contribution < -0.4 is 10.6 Å². The van der Waals surface area contributed by atoms with Crippen LogP contribution in [0, 0.1) is 13.8 Å². The topological polar surface area (TPSA) is 24.1 Å². The van der Waals surface area contributed by atoms with Gasteiger partial charge in [-0.15, -0.1) is 0 Å². The summed E-state index contributed by atoms with van der Waals surface area (Å²) in [6, 6.07) is 11.1. The highest BCUT2D eigenvalue weighted by atomic mass is 32.1. The van der Waals surface area contributed by atoms with Crippen LogP contribution in [0.1, 0.15) is 41.6 Å². The summed E-state index contributed by atoms with van der Waals surface area (Å²) in [6.45, 7) is 6.17. The van der Waals surface area contributed by atoms with Crippen LogP contribution in [0.2, 0.25) is 0 Å². The number of hydrogen-bond acceptors (Lipinski definition) is 1. The lowest BCUT2D eigenvalue weighted by atomic mass is 9.99. The zero-order valence-corrected chi connectivity index (χ0v) is 15.2. The first kappa shape index (κ1) is 19.2. The number of nitrogens with one attached hydrogen (secondary N) is 2. The van der Waals surface area contributed by atoms with Gasteiger partial charge in [0.05, 0.1) is 11.6 Å². The van der Waals surface area contributed by atoms with E-state index >= 15 is 0 Å². The SMILES string of the molecule is CC[C@H](NC(=S)Nc1ccc(C(F)(F)F)cc1)c1ccc(C)c(C)c1. The largest absolute Gasteiger partial charge is 0.416 e. The molecule has 25 heavy (non-hydrogen) atoms. The van der Waals surface area contributed by atoms with Crippen molar-refractivity contribution < 1.29 is 13.2 Å². The second-order valence-corrected chi connectivity index (χ2v) is 6.39. The fraction of sp³-hybridized carbons (Fsp3) is 0.316. The van der Waals surface area contributed by atoms with Gasteiger partial charge >= 0.3 is 6.18 Å². The van der Waals surface area contributed by atoms with E-state index in [1.807, 2.05) is 6.92 Å². The standard InChI is InChI=1S/C19H21F3N2S/c1-4-17(14-6-5-12(2)13(3)11-14)24-18(25)23-16-9-7-15(8-10-16)19(20,21)22/h5-11,17H,4H2,1-3H3,(H2,23,24,25)/t17-/m0/s1. The Balaban J connectivity index is 2.03. The van der Waals surface area contributed by atoms with E-state index in [1.54, 1.807) is 0 Å². The molecule has 2 rings (SSSR count). The molecule has 0 spiro atoms. The lowest BCUT2D eigenvalue weighted by Crippen LogP contribution is -2.32. The summed E-state index contributed by atoms with van der Waals surface area (Å²) in [7, 11) is 0. The average Bonchev–Trinajstić information content (AvgIpc) is 2.55. The van der Waals surface area contributed by atoms with E-state index in [0.717, 1.165) is 24.1 Å². The molecule has 2 aromatic rings. The Morgan fingerprint density at radius 3 is 2.20 bits per heavy atom. The second kappa shape index (κ2) is 7.87. The molecule has 0 saturated heterocycles. The van der Waals surface area contributed by atoms with Gasteiger partial charge in [-0.2, -0.15) is 13.2 Å². The molecule has 1 atom stereocenters. The van der Waals surface area contributed by atoms with E-state index < -0.39 is 11.7 Å². The van der Waals surface area contributed by atoms with Crippen LogP contribution in [-0.2, 0) is 6.18 Å². The predicted octanol–water partition coefficient (Wildman–Crippen LogP) is 5.76. The molecule has 2 aromatic carbocycles. The number of aryl methyl sites for hydroxylation is 2. The number of rotatable bonds is 4. The molecule has 0 radical (unpaired) electrons. The molecular weight excluding hydrogens is 345 g/mol. The van der Waals surface area contributed by atoms with Crippen molar-refractivity contribution in [3.63, 3.8) is 0 Å². The van der Waals surface area contributed by atoms with E-state index in [0.29, 0.717) is 10.8 Å². The number of alkyl halides is 3. The number of benzene rings is 2. The highest BCUT2D eigenvalue weighted by Crippen LogP contribution is 2.29. The van der Waals surface area contributed by atoms with Crippen LogP contribution in [0.5, 0.6) is 0 Å². The van der Waals surface area contributed by atoms with Gasteiger partial charge in [-0.25, -0.2) is 0 Å². The first-order valence-electron chi connectivity index (χ1n) is 8.02. The summed E-state index contributed by atoms with van der Waals surface area (Å²) < 4.78 is 37.8. The van der Waals surface area contributed by atoms with Crippen molar-refractivity contribution in [2.24, 2.45) is 0 Å².